The van der Waals surface area contributed by atoms with Crippen LogP contribution < -0.4 is 0 Å². The lowest BCUT2D eigenvalue weighted by atomic mass is 10.0. The molecule has 0 spiro atoms. The van der Waals surface area contributed by atoms with E-state index >= 15 is 0 Å². The van der Waals surface area contributed by atoms with Gasteiger partial charge in [0, 0.05) is 12.8 Å². The van der Waals surface area contributed by atoms with E-state index < -0.39 is 18.7 Å². The van der Waals surface area contributed by atoms with Gasteiger partial charge in [0.15, 0.2) is 0 Å². The fourth-order valence-corrected chi connectivity index (χ4v) is 5.81. The molecule has 0 radical (unpaired) electrons. The zero-order valence-corrected chi connectivity index (χ0v) is 32.6. The smallest absolute Gasteiger partial charge is 0.401 e. The lowest BCUT2D eigenvalue weighted by Gasteiger charge is -2.20. The molecular weight excluding hydrogens is 604 g/mol. The summed E-state index contributed by atoms with van der Waals surface area (Å²) in [5, 5.41) is 0. The standard InChI is InChI=1S/C41H82O7/c1-5-9-13-15-17-19-21-23-25-27-29-31-33-35-39(47-43-37-11-7-3)45-41(42)46-40(48-44-38-12-8-4)36-34-32-30-28-26-24-22-20-18-16-14-10-6-2/h39-40H,5-38H2,1-4H3. The van der Waals surface area contributed by atoms with E-state index in [1.165, 1.54) is 141 Å². The summed E-state index contributed by atoms with van der Waals surface area (Å²) in [6, 6.07) is 0. The molecule has 0 saturated carbocycles. The van der Waals surface area contributed by atoms with E-state index in [1.54, 1.807) is 0 Å². The van der Waals surface area contributed by atoms with Gasteiger partial charge in [-0.1, -0.05) is 195 Å². The van der Waals surface area contributed by atoms with E-state index in [1.807, 2.05) is 0 Å². The molecule has 288 valence electrons. The molecule has 0 saturated heterocycles. The Labute approximate surface area is 298 Å². The van der Waals surface area contributed by atoms with Gasteiger partial charge >= 0.3 is 6.16 Å². The first-order chi connectivity index (χ1) is 23.7. The second kappa shape index (κ2) is 40.5. The van der Waals surface area contributed by atoms with Crippen molar-refractivity contribution < 1.29 is 33.8 Å². The predicted molar refractivity (Wildman–Crippen MR) is 200 cm³/mol. The molecule has 0 aliphatic carbocycles. The summed E-state index contributed by atoms with van der Waals surface area (Å²) < 4.78 is 11.1. The van der Waals surface area contributed by atoms with E-state index in [0.29, 0.717) is 26.1 Å². The first kappa shape index (κ1) is 47.1. The predicted octanol–water partition coefficient (Wildman–Crippen LogP) is 14.3. The van der Waals surface area contributed by atoms with Gasteiger partial charge in [-0.3, -0.25) is 0 Å². The summed E-state index contributed by atoms with van der Waals surface area (Å²) in [4.78, 5) is 34.5. The van der Waals surface area contributed by atoms with Crippen molar-refractivity contribution in [3.63, 3.8) is 0 Å². The van der Waals surface area contributed by atoms with Gasteiger partial charge in [0.25, 0.3) is 0 Å². The average Bonchev–Trinajstić information content (AvgIpc) is 3.08. The molecule has 0 aliphatic rings. The quantitative estimate of drug-likeness (QED) is 0.0209. The number of hydrogen-bond donors (Lipinski definition) is 0. The lowest BCUT2D eigenvalue weighted by Crippen LogP contribution is -2.27. The minimum atomic E-state index is -0.799. The van der Waals surface area contributed by atoms with Crippen molar-refractivity contribution in [1.82, 2.24) is 0 Å². The number of hydrogen-bond acceptors (Lipinski definition) is 7. The molecule has 0 fully saturated rings. The van der Waals surface area contributed by atoms with Gasteiger partial charge in [0.05, 0.1) is 13.2 Å². The highest BCUT2D eigenvalue weighted by molar-refractivity contribution is 5.60. The van der Waals surface area contributed by atoms with Crippen LogP contribution in [0.2, 0.25) is 0 Å². The van der Waals surface area contributed by atoms with Crippen LogP contribution in [-0.2, 0) is 29.0 Å². The van der Waals surface area contributed by atoms with Crippen molar-refractivity contribution in [2.24, 2.45) is 0 Å². The SMILES string of the molecule is CCCCCCCCCCCCCCCC(OOCCCC)OC(=O)OC(CCCCCCCCCCCCCCC)OOCCCC. The number of carbonyl (C=O) groups is 1. The molecule has 2 unspecified atom stereocenters. The fourth-order valence-electron chi connectivity index (χ4n) is 5.81. The van der Waals surface area contributed by atoms with Crippen LogP contribution in [0.5, 0.6) is 0 Å². The maximum absolute atomic E-state index is 12.8. The van der Waals surface area contributed by atoms with E-state index in [4.69, 9.17) is 29.0 Å². The Hall–Kier alpha value is -0.890. The Bertz CT molecular complexity index is 568. The molecule has 0 aliphatic heterocycles. The van der Waals surface area contributed by atoms with Crippen LogP contribution in [0, 0.1) is 0 Å². The molecule has 7 heteroatoms. The van der Waals surface area contributed by atoms with Crippen LogP contribution in [0.25, 0.3) is 0 Å². The molecule has 0 N–H and O–H groups in total. The van der Waals surface area contributed by atoms with Gasteiger partial charge in [-0.15, -0.1) is 0 Å². The summed E-state index contributed by atoms with van der Waals surface area (Å²) in [6.45, 7) is 9.69. The highest BCUT2D eigenvalue weighted by Crippen LogP contribution is 2.18. The number of rotatable bonds is 40. The van der Waals surface area contributed by atoms with Crippen molar-refractivity contribution in [3.05, 3.63) is 0 Å². The number of unbranched alkanes of at least 4 members (excludes halogenated alkanes) is 26. The van der Waals surface area contributed by atoms with Crippen LogP contribution in [0.4, 0.5) is 4.79 Å². The molecule has 2 atom stereocenters. The Morgan fingerprint density at radius 3 is 0.875 bits per heavy atom. The Balaban J connectivity index is 4.36. The van der Waals surface area contributed by atoms with Crippen molar-refractivity contribution in [1.29, 1.82) is 0 Å². The summed E-state index contributed by atoms with van der Waals surface area (Å²) >= 11 is 0. The number of carbonyl (C=O) groups excluding carboxylic acids is 1. The second-order valence-corrected chi connectivity index (χ2v) is 14.0. The topological polar surface area (TPSA) is 72.5 Å². The van der Waals surface area contributed by atoms with Crippen molar-refractivity contribution in [3.8, 4) is 0 Å². The zero-order chi connectivity index (χ0) is 35.0. The lowest BCUT2D eigenvalue weighted by molar-refractivity contribution is -0.385. The van der Waals surface area contributed by atoms with Gasteiger partial charge in [-0.25, -0.2) is 14.6 Å². The van der Waals surface area contributed by atoms with Crippen LogP contribution >= 0.6 is 0 Å². The van der Waals surface area contributed by atoms with E-state index in [9.17, 15) is 4.79 Å². The normalized spacial score (nSPS) is 12.8. The van der Waals surface area contributed by atoms with Crippen molar-refractivity contribution in [2.75, 3.05) is 13.2 Å². The molecular formula is C41H82O7. The summed E-state index contributed by atoms with van der Waals surface area (Å²) in [6.07, 6.45) is 36.0. The molecule has 0 rings (SSSR count). The Morgan fingerprint density at radius 1 is 0.354 bits per heavy atom. The molecule has 0 aromatic carbocycles. The molecule has 0 aromatic rings. The van der Waals surface area contributed by atoms with Gasteiger partial charge in [-0.2, -0.15) is 9.78 Å². The van der Waals surface area contributed by atoms with Crippen LogP contribution in [0.3, 0.4) is 0 Å². The van der Waals surface area contributed by atoms with Crippen molar-refractivity contribution >= 4 is 6.16 Å². The highest BCUT2D eigenvalue weighted by Gasteiger charge is 2.22. The van der Waals surface area contributed by atoms with Gasteiger partial charge in [0.2, 0.25) is 12.6 Å². The first-order valence-corrected chi connectivity index (χ1v) is 21.1. The van der Waals surface area contributed by atoms with Crippen molar-refractivity contribution in [2.45, 2.75) is 246 Å². The fraction of sp³-hybridized carbons (Fsp3) is 0.976. The van der Waals surface area contributed by atoms with E-state index in [-0.39, 0.29) is 0 Å². The highest BCUT2D eigenvalue weighted by atomic mass is 17.2. The Morgan fingerprint density at radius 2 is 0.604 bits per heavy atom. The monoisotopic (exact) mass is 687 g/mol. The number of ether oxygens (including phenoxy) is 2. The van der Waals surface area contributed by atoms with Crippen LogP contribution in [-0.4, -0.2) is 31.9 Å². The largest absolute Gasteiger partial charge is 0.513 e. The van der Waals surface area contributed by atoms with Crippen LogP contribution in [0.15, 0.2) is 0 Å². The first-order valence-electron chi connectivity index (χ1n) is 21.1. The maximum Gasteiger partial charge on any atom is 0.513 e. The van der Waals surface area contributed by atoms with Crippen LogP contribution in [0.1, 0.15) is 233 Å². The van der Waals surface area contributed by atoms with E-state index in [2.05, 4.69) is 27.7 Å². The molecule has 48 heavy (non-hydrogen) atoms. The molecule has 0 heterocycles. The molecule has 0 bridgehead atoms. The minimum Gasteiger partial charge on any atom is -0.401 e. The molecule has 0 aromatic heterocycles. The summed E-state index contributed by atoms with van der Waals surface area (Å²) in [7, 11) is 0. The second-order valence-electron chi connectivity index (χ2n) is 14.0. The van der Waals surface area contributed by atoms with E-state index in [0.717, 1.165) is 51.4 Å². The third-order valence-electron chi connectivity index (χ3n) is 9.06. The van der Waals surface area contributed by atoms with Gasteiger partial charge in [-0.05, 0) is 25.7 Å². The summed E-state index contributed by atoms with van der Waals surface area (Å²) in [5.41, 5.74) is 0. The molecule has 7 nitrogen and oxygen atoms in total. The Kier molecular flexibility index (Phi) is 39.8. The average molecular weight is 687 g/mol. The third-order valence-corrected chi connectivity index (χ3v) is 9.06. The van der Waals surface area contributed by atoms with Gasteiger partial charge in [0.1, 0.15) is 0 Å². The van der Waals surface area contributed by atoms with Gasteiger partial charge < -0.3 is 9.47 Å². The summed E-state index contributed by atoms with van der Waals surface area (Å²) in [5.74, 6) is 0. The third kappa shape index (κ3) is 36.4. The zero-order valence-electron chi connectivity index (χ0n) is 32.6. The molecule has 0 amide bonds. The maximum atomic E-state index is 12.8. The minimum absolute atomic E-state index is 0.472.